The van der Waals surface area contributed by atoms with Crippen LogP contribution in [0, 0.1) is 0 Å². The first kappa shape index (κ1) is 21.0. The van der Waals surface area contributed by atoms with Gasteiger partial charge in [-0.25, -0.2) is 9.97 Å². The molecule has 2 aromatic heterocycles. The highest BCUT2D eigenvalue weighted by Crippen LogP contribution is 2.41. The lowest BCUT2D eigenvalue weighted by molar-refractivity contribution is -0.116. The SMILES string of the molecule is CC(=O)c1ccc(-c2cc(Cl)c3c(c2)CC(CNC(=O)/C=C/c2cnc(N)nc2)O3)s1. The number of halogens is 1. The van der Waals surface area contributed by atoms with Crippen molar-refractivity contribution in [3.63, 3.8) is 0 Å². The van der Waals surface area contributed by atoms with E-state index in [1.807, 2.05) is 24.3 Å². The van der Waals surface area contributed by atoms with E-state index in [-0.39, 0.29) is 23.7 Å². The number of thiophene rings is 1. The van der Waals surface area contributed by atoms with E-state index >= 15 is 0 Å². The molecule has 4 rings (SSSR count). The van der Waals surface area contributed by atoms with Gasteiger partial charge < -0.3 is 15.8 Å². The number of ketones is 1. The number of Topliss-reactive ketones (excluding diaryl/α,β-unsaturated/α-hetero) is 1. The number of nitrogens with two attached hydrogens (primary N) is 1. The lowest BCUT2D eigenvalue weighted by Gasteiger charge is -2.11. The van der Waals surface area contributed by atoms with E-state index < -0.39 is 0 Å². The van der Waals surface area contributed by atoms with E-state index in [0.29, 0.717) is 34.2 Å². The summed E-state index contributed by atoms with van der Waals surface area (Å²) in [5, 5.41) is 3.34. The lowest BCUT2D eigenvalue weighted by Crippen LogP contribution is -2.33. The average Bonchev–Trinajstić information content (AvgIpc) is 3.39. The summed E-state index contributed by atoms with van der Waals surface area (Å²) in [6.07, 6.45) is 6.51. The van der Waals surface area contributed by atoms with Crippen LogP contribution < -0.4 is 15.8 Å². The summed E-state index contributed by atoms with van der Waals surface area (Å²) in [5.41, 5.74) is 8.04. The van der Waals surface area contributed by atoms with Gasteiger partial charge in [-0.3, -0.25) is 9.59 Å². The molecule has 1 atom stereocenters. The van der Waals surface area contributed by atoms with Crippen molar-refractivity contribution in [3.05, 3.63) is 63.8 Å². The first-order chi connectivity index (χ1) is 14.9. The van der Waals surface area contributed by atoms with Crippen molar-refractivity contribution in [1.29, 1.82) is 0 Å². The van der Waals surface area contributed by atoms with Crippen LogP contribution in [0.1, 0.15) is 27.7 Å². The smallest absolute Gasteiger partial charge is 0.244 e. The Morgan fingerprint density at radius 1 is 1.32 bits per heavy atom. The van der Waals surface area contributed by atoms with Crippen molar-refractivity contribution in [2.45, 2.75) is 19.4 Å². The van der Waals surface area contributed by atoms with Crippen LogP contribution in [0.4, 0.5) is 5.95 Å². The number of rotatable bonds is 6. The Balaban J connectivity index is 1.38. The lowest BCUT2D eigenvalue weighted by atomic mass is 10.1. The summed E-state index contributed by atoms with van der Waals surface area (Å²) in [5.74, 6) is 0.612. The molecule has 0 saturated heterocycles. The molecule has 0 fully saturated rings. The fraction of sp³-hybridized carbons (Fsp3) is 0.182. The molecule has 0 aliphatic carbocycles. The van der Waals surface area contributed by atoms with Crippen LogP contribution in [-0.2, 0) is 11.2 Å². The molecule has 1 aliphatic rings. The summed E-state index contributed by atoms with van der Waals surface area (Å²) in [4.78, 5) is 33.1. The highest BCUT2D eigenvalue weighted by molar-refractivity contribution is 7.17. The van der Waals surface area contributed by atoms with Crippen molar-refractivity contribution >= 4 is 46.7 Å². The van der Waals surface area contributed by atoms with Crippen LogP contribution >= 0.6 is 22.9 Å². The van der Waals surface area contributed by atoms with Gasteiger partial charge in [0.05, 0.1) is 16.4 Å². The largest absolute Gasteiger partial charge is 0.486 e. The summed E-state index contributed by atoms with van der Waals surface area (Å²) in [6, 6.07) is 7.61. The maximum absolute atomic E-state index is 12.1. The quantitative estimate of drug-likeness (QED) is 0.433. The third-order valence-corrected chi connectivity index (χ3v) is 6.23. The standard InChI is InChI=1S/C22H19ClN4O3S/c1-12(28)18-3-4-19(31-18)14-6-15-7-16(30-21(15)17(23)8-14)11-25-20(29)5-2-13-9-26-22(24)27-10-13/h2-6,8-10,16H,7,11H2,1H3,(H,25,29)(H2,24,26,27)/b5-2+. The van der Waals surface area contributed by atoms with Crippen LogP contribution in [0.15, 0.2) is 42.7 Å². The fourth-order valence-corrected chi connectivity index (χ4v) is 4.38. The molecule has 3 aromatic rings. The number of amides is 1. The predicted molar refractivity (Wildman–Crippen MR) is 121 cm³/mol. The van der Waals surface area contributed by atoms with Gasteiger partial charge >= 0.3 is 0 Å². The van der Waals surface area contributed by atoms with Gasteiger partial charge in [-0.05, 0) is 42.8 Å². The van der Waals surface area contributed by atoms with Crippen LogP contribution in [0.5, 0.6) is 5.75 Å². The Morgan fingerprint density at radius 2 is 2.10 bits per heavy atom. The molecule has 31 heavy (non-hydrogen) atoms. The van der Waals surface area contributed by atoms with Gasteiger partial charge in [0.15, 0.2) is 5.78 Å². The molecule has 0 bridgehead atoms. The van der Waals surface area contributed by atoms with Gasteiger partial charge in [-0.1, -0.05) is 11.6 Å². The minimum absolute atomic E-state index is 0.0422. The minimum atomic E-state index is -0.251. The molecule has 158 valence electrons. The zero-order valence-corrected chi connectivity index (χ0v) is 18.2. The number of ether oxygens (including phenoxy) is 1. The molecule has 7 nitrogen and oxygen atoms in total. The third kappa shape index (κ3) is 4.92. The zero-order valence-electron chi connectivity index (χ0n) is 16.6. The molecule has 0 radical (unpaired) electrons. The van der Waals surface area contributed by atoms with E-state index in [1.165, 1.54) is 29.8 Å². The number of anilines is 1. The van der Waals surface area contributed by atoms with Gasteiger partial charge in [0.1, 0.15) is 11.9 Å². The first-order valence-corrected chi connectivity index (χ1v) is 10.7. The van der Waals surface area contributed by atoms with Gasteiger partial charge in [-0.2, -0.15) is 0 Å². The van der Waals surface area contributed by atoms with E-state index in [2.05, 4.69) is 15.3 Å². The highest BCUT2D eigenvalue weighted by Gasteiger charge is 2.26. The Bertz CT molecular complexity index is 1170. The molecule has 1 amide bonds. The molecule has 9 heteroatoms. The Kier molecular flexibility index (Phi) is 6.01. The van der Waals surface area contributed by atoms with Crippen molar-refractivity contribution in [1.82, 2.24) is 15.3 Å². The molecule has 1 aromatic carbocycles. The van der Waals surface area contributed by atoms with Gasteiger partial charge in [0.2, 0.25) is 11.9 Å². The van der Waals surface area contributed by atoms with Crippen LogP contribution in [-0.4, -0.2) is 34.3 Å². The molecular formula is C22H19ClN4O3S. The van der Waals surface area contributed by atoms with Crippen molar-refractivity contribution < 1.29 is 14.3 Å². The third-order valence-electron chi connectivity index (χ3n) is 4.71. The number of hydrogen-bond donors (Lipinski definition) is 2. The number of fused-ring (bicyclic) bond motifs is 1. The molecule has 3 heterocycles. The molecule has 3 N–H and O–H groups in total. The van der Waals surface area contributed by atoms with Gasteiger partial charge in [0, 0.05) is 40.9 Å². The topological polar surface area (TPSA) is 107 Å². The van der Waals surface area contributed by atoms with Gasteiger partial charge in [-0.15, -0.1) is 11.3 Å². The molecule has 1 unspecified atom stereocenters. The maximum Gasteiger partial charge on any atom is 0.244 e. The summed E-state index contributed by atoms with van der Waals surface area (Å²) >= 11 is 7.88. The van der Waals surface area contributed by atoms with E-state index in [9.17, 15) is 9.59 Å². The second-order valence-corrected chi connectivity index (χ2v) is 8.55. The van der Waals surface area contributed by atoms with Crippen LogP contribution in [0.3, 0.4) is 0 Å². The number of carbonyl (C=O) groups excluding carboxylic acids is 2. The van der Waals surface area contributed by atoms with Crippen LogP contribution in [0.2, 0.25) is 5.02 Å². The number of nitrogens with one attached hydrogen (secondary N) is 1. The summed E-state index contributed by atoms with van der Waals surface area (Å²) in [6.45, 7) is 1.89. The predicted octanol–water partition coefficient (Wildman–Crippen LogP) is 3.78. The number of nitrogens with zero attached hydrogens (tertiary/aromatic N) is 2. The Morgan fingerprint density at radius 3 is 2.81 bits per heavy atom. The van der Waals surface area contributed by atoms with Crippen LogP contribution in [0.25, 0.3) is 16.5 Å². The van der Waals surface area contributed by atoms with Crippen molar-refractivity contribution in [2.24, 2.45) is 0 Å². The average molecular weight is 455 g/mol. The number of aromatic nitrogens is 2. The van der Waals surface area contributed by atoms with E-state index in [1.54, 1.807) is 13.0 Å². The molecular weight excluding hydrogens is 436 g/mol. The number of carbonyl (C=O) groups is 2. The van der Waals surface area contributed by atoms with E-state index in [4.69, 9.17) is 22.1 Å². The highest BCUT2D eigenvalue weighted by atomic mass is 35.5. The zero-order chi connectivity index (χ0) is 22.0. The molecule has 0 saturated carbocycles. The first-order valence-electron chi connectivity index (χ1n) is 9.52. The fourth-order valence-electron chi connectivity index (χ4n) is 3.21. The molecule has 1 aliphatic heterocycles. The Labute approximate surface area is 187 Å². The van der Waals surface area contributed by atoms with Gasteiger partial charge in [0.25, 0.3) is 0 Å². The normalized spacial score (nSPS) is 15.0. The molecule has 0 spiro atoms. The summed E-state index contributed by atoms with van der Waals surface area (Å²) < 4.78 is 5.94. The maximum atomic E-state index is 12.1. The van der Waals surface area contributed by atoms with Crippen molar-refractivity contribution in [2.75, 3.05) is 12.3 Å². The second-order valence-electron chi connectivity index (χ2n) is 7.06. The second kappa shape index (κ2) is 8.87. The number of nitrogen functional groups attached to an aromatic ring is 1. The number of benzene rings is 1. The monoisotopic (exact) mass is 454 g/mol. The summed E-state index contributed by atoms with van der Waals surface area (Å²) in [7, 11) is 0. The number of hydrogen-bond acceptors (Lipinski definition) is 7. The Hall–Kier alpha value is -3.23. The minimum Gasteiger partial charge on any atom is -0.486 e. The van der Waals surface area contributed by atoms with E-state index in [0.717, 1.165) is 16.0 Å². The van der Waals surface area contributed by atoms with Crippen molar-refractivity contribution in [3.8, 4) is 16.2 Å².